The van der Waals surface area contributed by atoms with Crippen LogP contribution in [0.2, 0.25) is 0 Å². The molecular formula is C18H25Cl2N3O. The second-order valence-corrected chi connectivity index (χ2v) is 5.58. The number of carbonyl (C=O) groups is 1. The predicted molar refractivity (Wildman–Crippen MR) is 107 cm³/mol. The van der Waals surface area contributed by atoms with Crippen LogP contribution in [-0.4, -0.2) is 25.5 Å². The summed E-state index contributed by atoms with van der Waals surface area (Å²) < 4.78 is 0. The van der Waals surface area contributed by atoms with Crippen molar-refractivity contribution in [3.8, 4) is 0 Å². The molecule has 0 aliphatic carbocycles. The fraction of sp³-hybridized carbons (Fsp3) is 0.278. The Labute approximate surface area is 156 Å². The molecule has 3 N–H and O–H groups in total. The van der Waals surface area contributed by atoms with Gasteiger partial charge in [0.25, 0.3) is 5.91 Å². The molecule has 2 aromatic carbocycles. The van der Waals surface area contributed by atoms with Gasteiger partial charge in [-0.15, -0.1) is 24.8 Å². The summed E-state index contributed by atoms with van der Waals surface area (Å²) in [5.74, 6) is -0.0851. The van der Waals surface area contributed by atoms with Crippen molar-refractivity contribution in [3.05, 3.63) is 59.7 Å². The van der Waals surface area contributed by atoms with E-state index in [1.165, 1.54) is 0 Å². The summed E-state index contributed by atoms with van der Waals surface area (Å²) in [6.07, 6.45) is 0. The number of anilines is 2. The van der Waals surface area contributed by atoms with E-state index in [0.717, 1.165) is 11.3 Å². The molecule has 132 valence electrons. The molecule has 1 unspecified atom stereocenters. The number of hydrogen-bond acceptors (Lipinski definition) is 3. The second kappa shape index (κ2) is 10.1. The van der Waals surface area contributed by atoms with Gasteiger partial charge in [0.05, 0.1) is 0 Å². The quantitative estimate of drug-likeness (QED) is 0.790. The summed E-state index contributed by atoms with van der Waals surface area (Å²) in [7, 11) is 2.03. The zero-order valence-electron chi connectivity index (χ0n) is 14.2. The Morgan fingerprint density at radius 1 is 1.17 bits per heavy atom. The molecule has 0 radical (unpaired) electrons. The molecule has 2 aromatic rings. The molecule has 0 aromatic heterocycles. The Bertz CT molecular complexity index is 650. The van der Waals surface area contributed by atoms with E-state index in [-0.39, 0.29) is 36.8 Å². The van der Waals surface area contributed by atoms with Gasteiger partial charge < -0.3 is 16.0 Å². The standard InChI is InChI=1S/C18H23N3O.2ClH/c1-13-9-10-15(19)11-17(13)18(22)20-12-14(2)21(3)16-7-5-4-6-8-16;;/h4-11,14H,12,19H2,1-3H3,(H,20,22);2*1H. The number of nitrogens with one attached hydrogen (secondary N) is 1. The molecule has 1 amide bonds. The number of rotatable bonds is 5. The zero-order valence-corrected chi connectivity index (χ0v) is 15.8. The normalized spacial score (nSPS) is 10.8. The van der Waals surface area contributed by atoms with Gasteiger partial charge in [-0.3, -0.25) is 4.79 Å². The minimum absolute atomic E-state index is 0. The lowest BCUT2D eigenvalue weighted by atomic mass is 10.1. The minimum atomic E-state index is -0.0851. The molecule has 0 saturated carbocycles. The molecule has 6 heteroatoms. The molecule has 0 heterocycles. The highest BCUT2D eigenvalue weighted by molar-refractivity contribution is 5.96. The summed E-state index contributed by atoms with van der Waals surface area (Å²) in [5, 5.41) is 2.98. The third kappa shape index (κ3) is 5.62. The van der Waals surface area contributed by atoms with Gasteiger partial charge in [-0.1, -0.05) is 24.3 Å². The summed E-state index contributed by atoms with van der Waals surface area (Å²) >= 11 is 0. The van der Waals surface area contributed by atoms with Crippen molar-refractivity contribution in [1.29, 1.82) is 0 Å². The summed E-state index contributed by atoms with van der Waals surface area (Å²) in [4.78, 5) is 14.4. The fourth-order valence-electron chi connectivity index (χ4n) is 2.27. The molecule has 0 aliphatic heterocycles. The van der Waals surface area contributed by atoms with Crippen LogP contribution in [0, 0.1) is 6.92 Å². The number of carbonyl (C=O) groups excluding carboxylic acids is 1. The first-order valence-corrected chi connectivity index (χ1v) is 7.41. The van der Waals surface area contributed by atoms with Crippen molar-refractivity contribution < 1.29 is 4.79 Å². The van der Waals surface area contributed by atoms with E-state index in [9.17, 15) is 4.79 Å². The Morgan fingerprint density at radius 2 is 1.79 bits per heavy atom. The molecular weight excluding hydrogens is 345 g/mol. The van der Waals surface area contributed by atoms with Crippen LogP contribution in [0.25, 0.3) is 0 Å². The SMILES string of the molecule is Cc1ccc(N)cc1C(=O)NCC(C)N(C)c1ccccc1.Cl.Cl. The third-order valence-electron chi connectivity index (χ3n) is 3.89. The summed E-state index contributed by atoms with van der Waals surface area (Å²) in [6.45, 7) is 4.56. The highest BCUT2D eigenvalue weighted by Crippen LogP contribution is 2.15. The Morgan fingerprint density at radius 3 is 2.42 bits per heavy atom. The summed E-state index contributed by atoms with van der Waals surface area (Å²) in [5.41, 5.74) is 9.05. The molecule has 0 spiro atoms. The molecule has 0 saturated heterocycles. The highest BCUT2D eigenvalue weighted by atomic mass is 35.5. The van der Waals surface area contributed by atoms with Crippen molar-refractivity contribution in [1.82, 2.24) is 5.32 Å². The number of nitrogen functional groups attached to an aromatic ring is 1. The van der Waals surface area contributed by atoms with Gasteiger partial charge >= 0.3 is 0 Å². The van der Waals surface area contributed by atoms with Gasteiger partial charge in [0.1, 0.15) is 0 Å². The molecule has 4 nitrogen and oxygen atoms in total. The number of likely N-dealkylation sites (N-methyl/N-ethyl adjacent to an activating group) is 1. The van der Waals surface area contributed by atoms with Gasteiger partial charge in [0, 0.05) is 36.6 Å². The number of hydrogen-bond donors (Lipinski definition) is 2. The van der Waals surface area contributed by atoms with Crippen LogP contribution >= 0.6 is 24.8 Å². The molecule has 0 aliphatic rings. The maximum absolute atomic E-state index is 12.3. The number of para-hydroxylation sites is 1. The lowest BCUT2D eigenvalue weighted by Crippen LogP contribution is -2.40. The van der Waals surface area contributed by atoms with Crippen molar-refractivity contribution in [2.45, 2.75) is 19.9 Å². The van der Waals surface area contributed by atoms with Crippen molar-refractivity contribution in [2.75, 3.05) is 24.2 Å². The Kier molecular flexibility index (Phi) is 9.26. The van der Waals surface area contributed by atoms with Gasteiger partial charge in [0.15, 0.2) is 0 Å². The topological polar surface area (TPSA) is 58.4 Å². The molecule has 2 rings (SSSR count). The Balaban J connectivity index is 0.00000264. The number of nitrogens with two attached hydrogens (primary N) is 1. The van der Waals surface area contributed by atoms with Gasteiger partial charge in [-0.2, -0.15) is 0 Å². The molecule has 0 bridgehead atoms. The maximum Gasteiger partial charge on any atom is 0.251 e. The van der Waals surface area contributed by atoms with Crippen LogP contribution in [0.1, 0.15) is 22.8 Å². The van der Waals surface area contributed by atoms with E-state index in [1.54, 1.807) is 12.1 Å². The number of amides is 1. The predicted octanol–water partition coefficient (Wildman–Crippen LogP) is 3.68. The number of aryl methyl sites for hydroxylation is 1. The van der Waals surface area contributed by atoms with Crippen LogP contribution in [0.3, 0.4) is 0 Å². The van der Waals surface area contributed by atoms with Crippen molar-refractivity contribution >= 4 is 42.1 Å². The lowest BCUT2D eigenvalue weighted by Gasteiger charge is -2.27. The minimum Gasteiger partial charge on any atom is -0.399 e. The van der Waals surface area contributed by atoms with Crippen LogP contribution in [0.15, 0.2) is 48.5 Å². The average molecular weight is 370 g/mol. The van der Waals surface area contributed by atoms with Crippen molar-refractivity contribution in [3.63, 3.8) is 0 Å². The number of benzene rings is 2. The monoisotopic (exact) mass is 369 g/mol. The summed E-state index contributed by atoms with van der Waals surface area (Å²) in [6, 6.07) is 15.7. The van der Waals surface area contributed by atoms with Gasteiger partial charge in [-0.25, -0.2) is 0 Å². The maximum atomic E-state index is 12.3. The lowest BCUT2D eigenvalue weighted by molar-refractivity contribution is 0.0951. The highest BCUT2D eigenvalue weighted by Gasteiger charge is 2.13. The zero-order chi connectivity index (χ0) is 16.1. The van der Waals surface area contributed by atoms with E-state index >= 15 is 0 Å². The van der Waals surface area contributed by atoms with Crippen LogP contribution in [-0.2, 0) is 0 Å². The third-order valence-corrected chi connectivity index (χ3v) is 3.89. The molecule has 24 heavy (non-hydrogen) atoms. The van der Waals surface area contributed by atoms with E-state index in [2.05, 4.69) is 29.3 Å². The van der Waals surface area contributed by atoms with Crippen LogP contribution < -0.4 is 16.0 Å². The largest absolute Gasteiger partial charge is 0.399 e. The second-order valence-electron chi connectivity index (χ2n) is 5.58. The fourth-order valence-corrected chi connectivity index (χ4v) is 2.27. The number of halogens is 2. The van der Waals surface area contributed by atoms with Gasteiger partial charge in [-0.05, 0) is 43.7 Å². The van der Waals surface area contributed by atoms with Gasteiger partial charge in [0.2, 0.25) is 0 Å². The van der Waals surface area contributed by atoms with Crippen LogP contribution in [0.4, 0.5) is 11.4 Å². The number of nitrogens with zero attached hydrogens (tertiary/aromatic N) is 1. The first-order valence-electron chi connectivity index (χ1n) is 7.41. The van der Waals surface area contributed by atoms with E-state index in [4.69, 9.17) is 5.73 Å². The van der Waals surface area contributed by atoms with Crippen LogP contribution in [0.5, 0.6) is 0 Å². The average Bonchev–Trinajstić information content (AvgIpc) is 2.54. The van der Waals surface area contributed by atoms with E-state index < -0.39 is 0 Å². The smallest absolute Gasteiger partial charge is 0.251 e. The first-order chi connectivity index (χ1) is 10.5. The molecule has 0 fully saturated rings. The first kappa shape index (κ1) is 22.1. The Hall–Kier alpha value is -1.91. The van der Waals surface area contributed by atoms with Crippen molar-refractivity contribution in [2.24, 2.45) is 0 Å². The van der Waals surface area contributed by atoms with E-state index in [0.29, 0.717) is 17.8 Å². The molecule has 1 atom stereocenters. The van der Waals surface area contributed by atoms with E-state index in [1.807, 2.05) is 38.2 Å².